The Morgan fingerprint density at radius 2 is 2.00 bits per heavy atom. The highest BCUT2D eigenvalue weighted by Crippen LogP contribution is 2.27. The summed E-state index contributed by atoms with van der Waals surface area (Å²) in [6.07, 6.45) is 6.23. The molecule has 2 aromatic rings. The average Bonchev–Trinajstić information content (AvgIpc) is 2.94. The van der Waals surface area contributed by atoms with Crippen molar-refractivity contribution in [3.05, 3.63) is 36.5 Å². The van der Waals surface area contributed by atoms with E-state index in [1.807, 2.05) is 18.2 Å². The second-order valence-electron chi connectivity index (χ2n) is 5.16. The molecule has 0 saturated carbocycles. The fourth-order valence-corrected chi connectivity index (χ4v) is 2.63. The van der Waals surface area contributed by atoms with Gasteiger partial charge in [0.25, 0.3) is 0 Å². The maximum atomic E-state index is 12.3. The SMILES string of the molecule is O=C(O)C1CC=CCC1C(=O)Nc1ccc2cn[nH]c2c1. The summed E-state index contributed by atoms with van der Waals surface area (Å²) >= 11 is 0. The first-order valence-electron chi connectivity index (χ1n) is 6.77. The molecule has 21 heavy (non-hydrogen) atoms. The predicted molar refractivity (Wildman–Crippen MR) is 77.7 cm³/mol. The summed E-state index contributed by atoms with van der Waals surface area (Å²) in [4.78, 5) is 23.6. The molecule has 0 aliphatic heterocycles. The summed E-state index contributed by atoms with van der Waals surface area (Å²) in [6, 6.07) is 5.42. The molecule has 1 heterocycles. The van der Waals surface area contributed by atoms with Gasteiger partial charge in [-0.1, -0.05) is 12.2 Å². The number of carboxylic acids is 1. The van der Waals surface area contributed by atoms with Crippen molar-refractivity contribution >= 4 is 28.5 Å². The van der Waals surface area contributed by atoms with Crippen LogP contribution in [0.5, 0.6) is 0 Å². The number of H-pyrrole nitrogens is 1. The van der Waals surface area contributed by atoms with Gasteiger partial charge >= 0.3 is 5.97 Å². The molecule has 0 fully saturated rings. The van der Waals surface area contributed by atoms with Crippen LogP contribution in [-0.2, 0) is 9.59 Å². The molecule has 0 saturated heterocycles. The molecule has 1 aromatic heterocycles. The van der Waals surface area contributed by atoms with Crippen molar-refractivity contribution in [2.24, 2.45) is 11.8 Å². The van der Waals surface area contributed by atoms with Gasteiger partial charge in [-0.3, -0.25) is 14.7 Å². The van der Waals surface area contributed by atoms with E-state index < -0.39 is 17.8 Å². The van der Waals surface area contributed by atoms with E-state index in [9.17, 15) is 14.7 Å². The Balaban J connectivity index is 1.78. The van der Waals surface area contributed by atoms with Crippen LogP contribution in [0.1, 0.15) is 12.8 Å². The summed E-state index contributed by atoms with van der Waals surface area (Å²) in [5, 5.41) is 19.7. The second-order valence-corrected chi connectivity index (χ2v) is 5.16. The Bertz CT molecular complexity index is 720. The summed E-state index contributed by atoms with van der Waals surface area (Å²) in [7, 11) is 0. The van der Waals surface area contributed by atoms with Crippen LogP contribution >= 0.6 is 0 Å². The topological polar surface area (TPSA) is 95.1 Å². The zero-order valence-electron chi connectivity index (χ0n) is 11.2. The van der Waals surface area contributed by atoms with E-state index >= 15 is 0 Å². The summed E-state index contributed by atoms with van der Waals surface area (Å²) < 4.78 is 0. The van der Waals surface area contributed by atoms with Gasteiger partial charge in [-0.15, -0.1) is 0 Å². The Morgan fingerprint density at radius 3 is 2.76 bits per heavy atom. The number of allylic oxidation sites excluding steroid dienone is 2. The molecule has 0 bridgehead atoms. The third kappa shape index (κ3) is 2.65. The number of aliphatic carboxylic acids is 1. The number of rotatable bonds is 3. The normalized spacial score (nSPS) is 21.3. The van der Waals surface area contributed by atoms with Crippen molar-refractivity contribution < 1.29 is 14.7 Å². The lowest BCUT2D eigenvalue weighted by Crippen LogP contribution is -2.34. The maximum absolute atomic E-state index is 12.3. The highest BCUT2D eigenvalue weighted by molar-refractivity contribution is 5.97. The monoisotopic (exact) mass is 285 g/mol. The molecule has 0 spiro atoms. The molecule has 6 heteroatoms. The molecule has 3 N–H and O–H groups in total. The molecule has 3 rings (SSSR count). The van der Waals surface area contributed by atoms with E-state index in [4.69, 9.17) is 0 Å². The van der Waals surface area contributed by atoms with E-state index in [1.54, 1.807) is 18.3 Å². The Labute approximate surface area is 120 Å². The Kier molecular flexibility index (Phi) is 3.43. The number of carbonyl (C=O) groups excluding carboxylic acids is 1. The van der Waals surface area contributed by atoms with Crippen LogP contribution in [0.25, 0.3) is 10.9 Å². The number of aromatic amines is 1. The zero-order chi connectivity index (χ0) is 14.8. The van der Waals surface area contributed by atoms with Crippen LogP contribution < -0.4 is 5.32 Å². The van der Waals surface area contributed by atoms with Gasteiger partial charge in [0.1, 0.15) is 0 Å². The highest BCUT2D eigenvalue weighted by Gasteiger charge is 2.33. The van der Waals surface area contributed by atoms with Gasteiger partial charge in [0.2, 0.25) is 5.91 Å². The maximum Gasteiger partial charge on any atom is 0.307 e. The van der Waals surface area contributed by atoms with Crippen molar-refractivity contribution in [2.45, 2.75) is 12.8 Å². The Hall–Kier alpha value is -2.63. The number of anilines is 1. The van der Waals surface area contributed by atoms with Gasteiger partial charge in [0.15, 0.2) is 0 Å². The van der Waals surface area contributed by atoms with E-state index in [0.29, 0.717) is 18.5 Å². The van der Waals surface area contributed by atoms with Crippen LogP contribution in [0, 0.1) is 11.8 Å². The quantitative estimate of drug-likeness (QED) is 0.753. The number of amides is 1. The summed E-state index contributed by atoms with van der Waals surface area (Å²) in [6.45, 7) is 0. The van der Waals surface area contributed by atoms with Gasteiger partial charge in [0.05, 0.1) is 23.5 Å². The van der Waals surface area contributed by atoms with Gasteiger partial charge in [0, 0.05) is 11.1 Å². The molecule has 1 aliphatic carbocycles. The molecule has 1 aliphatic rings. The molecule has 1 amide bonds. The summed E-state index contributed by atoms with van der Waals surface area (Å²) in [5.74, 6) is -2.38. The number of hydrogen-bond donors (Lipinski definition) is 3. The van der Waals surface area contributed by atoms with Crippen molar-refractivity contribution in [1.82, 2.24) is 10.2 Å². The second kappa shape index (κ2) is 5.40. The first-order valence-corrected chi connectivity index (χ1v) is 6.77. The fraction of sp³-hybridized carbons (Fsp3) is 0.267. The molecular weight excluding hydrogens is 270 g/mol. The number of hydrogen-bond acceptors (Lipinski definition) is 3. The minimum absolute atomic E-state index is 0.259. The minimum atomic E-state index is -0.927. The zero-order valence-corrected chi connectivity index (χ0v) is 11.2. The molecule has 2 unspecified atom stereocenters. The van der Waals surface area contributed by atoms with Crippen LogP contribution in [-0.4, -0.2) is 27.2 Å². The predicted octanol–water partition coefficient (Wildman–Crippen LogP) is 2.17. The van der Waals surface area contributed by atoms with E-state index in [-0.39, 0.29) is 5.91 Å². The van der Waals surface area contributed by atoms with Crippen LogP contribution in [0.2, 0.25) is 0 Å². The standard InChI is InChI=1S/C15H15N3O3/c19-14(11-3-1-2-4-12(11)15(20)21)17-10-6-5-9-8-16-18-13(9)7-10/h1-2,5-8,11-12H,3-4H2,(H,16,18)(H,17,19)(H,20,21). The van der Waals surface area contributed by atoms with Gasteiger partial charge in [-0.05, 0) is 31.0 Å². The van der Waals surface area contributed by atoms with Gasteiger partial charge in [-0.25, -0.2) is 0 Å². The minimum Gasteiger partial charge on any atom is -0.481 e. The van der Waals surface area contributed by atoms with Crippen molar-refractivity contribution in [3.63, 3.8) is 0 Å². The van der Waals surface area contributed by atoms with E-state index in [0.717, 1.165) is 10.9 Å². The first-order chi connectivity index (χ1) is 10.1. The molecule has 2 atom stereocenters. The smallest absolute Gasteiger partial charge is 0.307 e. The lowest BCUT2D eigenvalue weighted by atomic mass is 9.82. The molecular formula is C15H15N3O3. The van der Waals surface area contributed by atoms with Gasteiger partial charge < -0.3 is 10.4 Å². The third-order valence-corrected chi connectivity index (χ3v) is 3.80. The highest BCUT2D eigenvalue weighted by atomic mass is 16.4. The number of nitrogens with one attached hydrogen (secondary N) is 2. The number of nitrogens with zero attached hydrogens (tertiary/aromatic N) is 1. The van der Waals surface area contributed by atoms with E-state index in [1.165, 1.54) is 0 Å². The number of carboxylic acid groups (broad SMARTS) is 1. The van der Waals surface area contributed by atoms with E-state index in [2.05, 4.69) is 15.5 Å². The van der Waals surface area contributed by atoms with Crippen molar-refractivity contribution in [1.29, 1.82) is 0 Å². The van der Waals surface area contributed by atoms with Crippen LogP contribution in [0.3, 0.4) is 0 Å². The lowest BCUT2D eigenvalue weighted by molar-refractivity contribution is -0.146. The molecule has 0 radical (unpaired) electrons. The van der Waals surface area contributed by atoms with Crippen molar-refractivity contribution in [2.75, 3.05) is 5.32 Å². The number of fused-ring (bicyclic) bond motifs is 1. The summed E-state index contributed by atoms with van der Waals surface area (Å²) in [5.41, 5.74) is 1.46. The third-order valence-electron chi connectivity index (χ3n) is 3.80. The number of aromatic nitrogens is 2. The fourth-order valence-electron chi connectivity index (χ4n) is 2.63. The van der Waals surface area contributed by atoms with Gasteiger partial charge in [-0.2, -0.15) is 5.10 Å². The molecule has 1 aromatic carbocycles. The number of carbonyl (C=O) groups is 2. The number of benzene rings is 1. The lowest BCUT2D eigenvalue weighted by Gasteiger charge is -2.24. The Morgan fingerprint density at radius 1 is 1.24 bits per heavy atom. The first kappa shape index (κ1) is 13.4. The van der Waals surface area contributed by atoms with Crippen LogP contribution in [0.15, 0.2) is 36.5 Å². The largest absolute Gasteiger partial charge is 0.481 e. The molecule has 6 nitrogen and oxygen atoms in total. The van der Waals surface area contributed by atoms with Crippen LogP contribution in [0.4, 0.5) is 5.69 Å². The van der Waals surface area contributed by atoms with Crippen molar-refractivity contribution in [3.8, 4) is 0 Å². The average molecular weight is 285 g/mol. The molecule has 108 valence electrons.